The molecule has 0 spiro atoms. The second kappa shape index (κ2) is 5.40. The Kier molecular flexibility index (Phi) is 4.45. The van der Waals surface area contributed by atoms with E-state index in [0.717, 1.165) is 22.3 Å². The lowest BCUT2D eigenvalue weighted by Crippen LogP contribution is -2.15. The van der Waals surface area contributed by atoms with Gasteiger partial charge in [0.05, 0.1) is 12.8 Å². The number of methoxy groups -OCH3 is 1. The number of nitrogens with one attached hydrogen (secondary N) is 1. The lowest BCUT2D eigenvalue weighted by atomic mass is 10.1. The summed E-state index contributed by atoms with van der Waals surface area (Å²) in [6.45, 7) is 6.41. The van der Waals surface area contributed by atoms with Gasteiger partial charge in [0.1, 0.15) is 5.75 Å². The molecule has 0 bridgehead atoms. The van der Waals surface area contributed by atoms with Crippen molar-refractivity contribution in [2.24, 2.45) is 0 Å². The summed E-state index contributed by atoms with van der Waals surface area (Å²) in [5.74, 6) is 0.891. The molecule has 0 fully saturated rings. The molecule has 1 unspecified atom stereocenters. The van der Waals surface area contributed by atoms with E-state index >= 15 is 0 Å². The molecule has 84 valence electrons. The molecular weight excluding hydrogens is 254 g/mol. The molecule has 0 heterocycles. The molecule has 0 saturated carbocycles. The van der Waals surface area contributed by atoms with Gasteiger partial charge in [-0.15, -0.1) is 0 Å². The number of benzene rings is 1. The Morgan fingerprint density at radius 2 is 2.13 bits per heavy atom. The first-order chi connectivity index (χ1) is 7.08. The Balaban J connectivity index is 3.04. The number of rotatable bonds is 4. The summed E-state index contributed by atoms with van der Waals surface area (Å²) in [5, 5.41) is 3.46. The Hall–Kier alpha value is -0.700. The Morgan fingerprint density at radius 3 is 2.67 bits per heavy atom. The van der Waals surface area contributed by atoms with Gasteiger partial charge in [-0.05, 0) is 38.0 Å². The standard InChI is InChI=1S/C12H18BrNO/c1-5-9(3)14-12-8(2)6-10(13)7-11(12)15-4/h6-7,9,14H,5H2,1-4H3. The van der Waals surface area contributed by atoms with Gasteiger partial charge in [-0.25, -0.2) is 0 Å². The van der Waals surface area contributed by atoms with Crippen LogP contribution in [0.4, 0.5) is 5.69 Å². The molecule has 0 amide bonds. The molecule has 3 heteroatoms. The van der Waals surface area contributed by atoms with Crippen LogP contribution in [-0.2, 0) is 0 Å². The average molecular weight is 272 g/mol. The zero-order valence-electron chi connectivity index (χ0n) is 9.73. The molecule has 1 rings (SSSR count). The number of hydrogen-bond acceptors (Lipinski definition) is 2. The average Bonchev–Trinajstić information content (AvgIpc) is 2.21. The van der Waals surface area contributed by atoms with Crippen molar-refractivity contribution in [3.05, 3.63) is 22.2 Å². The fourth-order valence-electron chi connectivity index (χ4n) is 1.41. The van der Waals surface area contributed by atoms with Gasteiger partial charge in [0.15, 0.2) is 0 Å². The molecular formula is C12H18BrNO. The van der Waals surface area contributed by atoms with Crippen LogP contribution in [0, 0.1) is 6.92 Å². The van der Waals surface area contributed by atoms with Crippen molar-refractivity contribution in [2.75, 3.05) is 12.4 Å². The molecule has 15 heavy (non-hydrogen) atoms. The molecule has 0 radical (unpaired) electrons. The Bertz CT molecular complexity index is 339. The van der Waals surface area contributed by atoms with Gasteiger partial charge < -0.3 is 10.1 Å². The van der Waals surface area contributed by atoms with Crippen LogP contribution in [-0.4, -0.2) is 13.2 Å². The van der Waals surface area contributed by atoms with Gasteiger partial charge in [-0.2, -0.15) is 0 Å². The largest absolute Gasteiger partial charge is 0.495 e. The van der Waals surface area contributed by atoms with E-state index in [1.54, 1.807) is 7.11 Å². The molecule has 0 saturated heterocycles. The second-order valence-electron chi connectivity index (χ2n) is 3.75. The van der Waals surface area contributed by atoms with Crippen molar-refractivity contribution < 1.29 is 4.74 Å². The Labute approximate surface area is 100 Å². The summed E-state index contributed by atoms with van der Waals surface area (Å²) in [7, 11) is 1.70. The minimum atomic E-state index is 0.457. The molecule has 0 aliphatic carbocycles. The highest BCUT2D eigenvalue weighted by Gasteiger charge is 2.09. The number of halogens is 1. The van der Waals surface area contributed by atoms with Gasteiger partial charge in [-0.3, -0.25) is 0 Å². The summed E-state index contributed by atoms with van der Waals surface area (Å²) in [6.07, 6.45) is 1.10. The smallest absolute Gasteiger partial charge is 0.143 e. The monoisotopic (exact) mass is 271 g/mol. The zero-order chi connectivity index (χ0) is 11.4. The summed E-state index contributed by atoms with van der Waals surface area (Å²) in [4.78, 5) is 0. The number of hydrogen-bond donors (Lipinski definition) is 1. The first-order valence-electron chi connectivity index (χ1n) is 5.19. The fourth-order valence-corrected chi connectivity index (χ4v) is 1.96. The predicted molar refractivity (Wildman–Crippen MR) is 68.8 cm³/mol. The third kappa shape index (κ3) is 3.13. The van der Waals surface area contributed by atoms with Crippen LogP contribution in [0.15, 0.2) is 16.6 Å². The van der Waals surface area contributed by atoms with Crippen molar-refractivity contribution in [3.8, 4) is 5.75 Å². The van der Waals surface area contributed by atoms with Gasteiger partial charge in [-0.1, -0.05) is 22.9 Å². The van der Waals surface area contributed by atoms with E-state index in [4.69, 9.17) is 4.74 Å². The number of aryl methyl sites for hydroxylation is 1. The molecule has 1 aromatic carbocycles. The van der Waals surface area contributed by atoms with Gasteiger partial charge in [0.25, 0.3) is 0 Å². The van der Waals surface area contributed by atoms with E-state index in [0.29, 0.717) is 6.04 Å². The fraction of sp³-hybridized carbons (Fsp3) is 0.500. The minimum Gasteiger partial charge on any atom is -0.495 e. The van der Waals surface area contributed by atoms with Gasteiger partial charge in [0, 0.05) is 10.5 Å². The maximum atomic E-state index is 5.36. The first-order valence-corrected chi connectivity index (χ1v) is 5.98. The van der Waals surface area contributed by atoms with Crippen molar-refractivity contribution in [2.45, 2.75) is 33.2 Å². The highest BCUT2D eigenvalue weighted by Crippen LogP contribution is 2.32. The van der Waals surface area contributed by atoms with Crippen LogP contribution in [0.5, 0.6) is 5.75 Å². The third-order valence-electron chi connectivity index (χ3n) is 2.49. The van der Waals surface area contributed by atoms with Crippen LogP contribution >= 0.6 is 15.9 Å². The second-order valence-corrected chi connectivity index (χ2v) is 4.67. The van der Waals surface area contributed by atoms with Crippen molar-refractivity contribution in [1.29, 1.82) is 0 Å². The molecule has 2 nitrogen and oxygen atoms in total. The molecule has 1 aromatic rings. The van der Waals surface area contributed by atoms with Crippen LogP contribution < -0.4 is 10.1 Å². The molecule has 0 aliphatic heterocycles. The van der Waals surface area contributed by atoms with Crippen molar-refractivity contribution in [1.82, 2.24) is 0 Å². The zero-order valence-corrected chi connectivity index (χ0v) is 11.3. The maximum absolute atomic E-state index is 5.36. The highest BCUT2D eigenvalue weighted by atomic mass is 79.9. The minimum absolute atomic E-state index is 0.457. The van der Waals surface area contributed by atoms with E-state index in [2.05, 4.69) is 48.1 Å². The Morgan fingerprint density at radius 1 is 1.47 bits per heavy atom. The van der Waals surface area contributed by atoms with E-state index in [9.17, 15) is 0 Å². The lowest BCUT2D eigenvalue weighted by molar-refractivity contribution is 0.415. The topological polar surface area (TPSA) is 21.3 Å². The summed E-state index contributed by atoms with van der Waals surface area (Å²) in [5.41, 5.74) is 2.29. The van der Waals surface area contributed by atoms with E-state index in [1.165, 1.54) is 5.56 Å². The quantitative estimate of drug-likeness (QED) is 0.895. The molecule has 1 atom stereocenters. The molecule has 0 aliphatic rings. The molecule has 1 N–H and O–H groups in total. The van der Waals surface area contributed by atoms with Crippen LogP contribution in [0.25, 0.3) is 0 Å². The third-order valence-corrected chi connectivity index (χ3v) is 2.94. The van der Waals surface area contributed by atoms with E-state index in [1.807, 2.05) is 6.07 Å². The maximum Gasteiger partial charge on any atom is 0.143 e. The summed E-state index contributed by atoms with van der Waals surface area (Å²) >= 11 is 3.46. The van der Waals surface area contributed by atoms with Gasteiger partial charge >= 0.3 is 0 Å². The van der Waals surface area contributed by atoms with E-state index < -0.39 is 0 Å². The van der Waals surface area contributed by atoms with E-state index in [-0.39, 0.29) is 0 Å². The van der Waals surface area contributed by atoms with Crippen LogP contribution in [0.3, 0.4) is 0 Å². The number of ether oxygens (including phenoxy) is 1. The first kappa shape index (κ1) is 12.4. The predicted octanol–water partition coefficient (Wildman–Crippen LogP) is 3.98. The summed E-state index contributed by atoms with van der Waals surface area (Å²) in [6, 6.07) is 4.53. The van der Waals surface area contributed by atoms with Crippen LogP contribution in [0.1, 0.15) is 25.8 Å². The van der Waals surface area contributed by atoms with Crippen LogP contribution in [0.2, 0.25) is 0 Å². The van der Waals surface area contributed by atoms with Crippen molar-refractivity contribution in [3.63, 3.8) is 0 Å². The van der Waals surface area contributed by atoms with Crippen molar-refractivity contribution >= 4 is 21.6 Å². The summed E-state index contributed by atoms with van der Waals surface area (Å²) < 4.78 is 6.41. The SMILES string of the molecule is CCC(C)Nc1c(C)cc(Br)cc1OC. The van der Waals surface area contributed by atoms with Gasteiger partial charge in [0.2, 0.25) is 0 Å². The normalized spacial score (nSPS) is 12.3. The lowest BCUT2D eigenvalue weighted by Gasteiger charge is -2.18. The highest BCUT2D eigenvalue weighted by molar-refractivity contribution is 9.10. The number of anilines is 1. The molecule has 0 aromatic heterocycles.